The summed E-state index contributed by atoms with van der Waals surface area (Å²) >= 11 is 0. The lowest BCUT2D eigenvalue weighted by Gasteiger charge is -2.15. The molecule has 94 valence electrons. The van der Waals surface area contributed by atoms with Crippen LogP contribution in [0.25, 0.3) is 0 Å². The maximum atomic E-state index is 13.7. The third-order valence-corrected chi connectivity index (χ3v) is 2.65. The van der Waals surface area contributed by atoms with Crippen LogP contribution in [0.5, 0.6) is 11.5 Å². The average molecular weight is 246 g/mol. The highest BCUT2D eigenvalue weighted by Crippen LogP contribution is 2.31. The quantitative estimate of drug-likeness (QED) is 0.903. The second-order valence-electron chi connectivity index (χ2n) is 4.13. The van der Waals surface area contributed by atoms with E-state index in [2.05, 4.69) is 4.98 Å². The first-order chi connectivity index (χ1) is 8.59. The molecule has 2 N–H and O–H groups in total. The predicted molar refractivity (Wildman–Crippen MR) is 68.1 cm³/mol. The number of nitrogens with zero attached hydrogens (tertiary/aromatic N) is 1. The van der Waals surface area contributed by atoms with Crippen LogP contribution >= 0.6 is 0 Å². The van der Waals surface area contributed by atoms with Crippen LogP contribution in [-0.4, -0.2) is 4.98 Å². The minimum Gasteiger partial charge on any atom is -0.455 e. The molecule has 1 heterocycles. The predicted octanol–water partition coefficient (Wildman–Crippen LogP) is 3.34. The molecule has 0 saturated carbocycles. The van der Waals surface area contributed by atoms with Gasteiger partial charge in [-0.3, -0.25) is 4.98 Å². The first-order valence-electron chi connectivity index (χ1n) is 5.73. The van der Waals surface area contributed by atoms with Crippen LogP contribution in [0.1, 0.15) is 24.2 Å². The standard InChI is InChI=1S/C14H15FN2O/c1-9(16)14-11(15)5-3-6-13(14)18-12-7-4-8-17-10(12)2/h3-9H,16H2,1-2H3. The number of hydrogen-bond donors (Lipinski definition) is 1. The molecule has 18 heavy (non-hydrogen) atoms. The molecule has 1 atom stereocenters. The van der Waals surface area contributed by atoms with Gasteiger partial charge in [-0.25, -0.2) is 4.39 Å². The number of benzene rings is 1. The van der Waals surface area contributed by atoms with Gasteiger partial charge in [0, 0.05) is 17.8 Å². The van der Waals surface area contributed by atoms with Crippen LogP contribution in [0.3, 0.4) is 0 Å². The number of nitrogens with two attached hydrogens (primary N) is 1. The highest BCUT2D eigenvalue weighted by Gasteiger charge is 2.14. The van der Waals surface area contributed by atoms with Crippen LogP contribution < -0.4 is 10.5 Å². The average Bonchev–Trinajstić information content (AvgIpc) is 2.31. The summed E-state index contributed by atoms with van der Waals surface area (Å²) in [6.07, 6.45) is 1.68. The molecule has 0 aliphatic heterocycles. The van der Waals surface area contributed by atoms with Gasteiger partial charge in [0.25, 0.3) is 0 Å². The number of ether oxygens (including phenoxy) is 1. The Kier molecular flexibility index (Phi) is 3.58. The minimum atomic E-state index is -0.432. The summed E-state index contributed by atoms with van der Waals surface area (Å²) in [5.41, 5.74) is 6.89. The molecule has 0 aliphatic rings. The van der Waals surface area contributed by atoms with Crippen LogP contribution in [0.15, 0.2) is 36.5 Å². The summed E-state index contributed by atoms with van der Waals surface area (Å²) in [4.78, 5) is 4.12. The number of aryl methyl sites for hydroxylation is 1. The summed E-state index contributed by atoms with van der Waals surface area (Å²) in [6.45, 7) is 3.56. The Balaban J connectivity index is 2.41. The summed E-state index contributed by atoms with van der Waals surface area (Å²) in [5, 5.41) is 0. The molecule has 0 bridgehead atoms. The fourth-order valence-electron chi connectivity index (χ4n) is 1.74. The molecule has 4 heteroatoms. The molecule has 1 aromatic carbocycles. The zero-order chi connectivity index (χ0) is 13.1. The zero-order valence-electron chi connectivity index (χ0n) is 10.4. The van der Waals surface area contributed by atoms with Gasteiger partial charge in [0.05, 0.1) is 5.69 Å². The van der Waals surface area contributed by atoms with Gasteiger partial charge in [0.1, 0.15) is 17.3 Å². The molecule has 2 rings (SSSR count). The van der Waals surface area contributed by atoms with Crippen molar-refractivity contribution in [2.24, 2.45) is 5.73 Å². The van der Waals surface area contributed by atoms with Crippen molar-refractivity contribution in [3.63, 3.8) is 0 Å². The molecule has 0 radical (unpaired) electrons. The second kappa shape index (κ2) is 5.14. The Hall–Kier alpha value is -1.94. The molecular formula is C14H15FN2O. The van der Waals surface area contributed by atoms with Crippen molar-refractivity contribution in [2.75, 3.05) is 0 Å². The Bertz CT molecular complexity index is 555. The van der Waals surface area contributed by atoms with Crippen molar-refractivity contribution in [1.82, 2.24) is 4.98 Å². The van der Waals surface area contributed by atoms with E-state index in [-0.39, 0.29) is 5.82 Å². The number of pyridine rings is 1. The van der Waals surface area contributed by atoms with Crippen molar-refractivity contribution in [3.05, 3.63) is 53.6 Å². The van der Waals surface area contributed by atoms with Crippen LogP contribution in [0.2, 0.25) is 0 Å². The Morgan fingerprint density at radius 2 is 1.94 bits per heavy atom. The normalized spacial score (nSPS) is 12.2. The van der Waals surface area contributed by atoms with E-state index >= 15 is 0 Å². The van der Waals surface area contributed by atoms with Crippen molar-refractivity contribution in [3.8, 4) is 11.5 Å². The fourth-order valence-corrected chi connectivity index (χ4v) is 1.74. The van der Waals surface area contributed by atoms with Gasteiger partial charge in [0.15, 0.2) is 0 Å². The minimum absolute atomic E-state index is 0.357. The molecular weight excluding hydrogens is 231 g/mol. The molecule has 0 amide bonds. The molecule has 0 saturated heterocycles. The van der Waals surface area contributed by atoms with Crippen molar-refractivity contribution >= 4 is 0 Å². The summed E-state index contributed by atoms with van der Waals surface area (Å²) in [7, 11) is 0. The molecule has 3 nitrogen and oxygen atoms in total. The van der Waals surface area contributed by atoms with E-state index in [1.54, 1.807) is 37.4 Å². The van der Waals surface area contributed by atoms with Crippen molar-refractivity contribution < 1.29 is 9.13 Å². The molecule has 2 aromatic rings. The lowest BCUT2D eigenvalue weighted by molar-refractivity contribution is 0.455. The van der Waals surface area contributed by atoms with E-state index in [0.717, 1.165) is 5.69 Å². The van der Waals surface area contributed by atoms with Gasteiger partial charge in [-0.15, -0.1) is 0 Å². The maximum absolute atomic E-state index is 13.7. The number of hydrogen-bond acceptors (Lipinski definition) is 3. The lowest BCUT2D eigenvalue weighted by atomic mass is 10.1. The third kappa shape index (κ3) is 2.49. The highest BCUT2D eigenvalue weighted by molar-refractivity contribution is 5.41. The van der Waals surface area contributed by atoms with Gasteiger partial charge in [-0.2, -0.15) is 0 Å². The number of halogens is 1. The summed E-state index contributed by atoms with van der Waals surface area (Å²) < 4.78 is 19.4. The van der Waals surface area contributed by atoms with Gasteiger partial charge in [-0.1, -0.05) is 6.07 Å². The molecule has 1 aromatic heterocycles. The van der Waals surface area contributed by atoms with E-state index in [0.29, 0.717) is 17.1 Å². The first kappa shape index (κ1) is 12.5. The first-order valence-corrected chi connectivity index (χ1v) is 5.73. The van der Waals surface area contributed by atoms with E-state index in [9.17, 15) is 4.39 Å². The number of rotatable bonds is 3. The molecule has 0 fully saturated rings. The monoisotopic (exact) mass is 246 g/mol. The van der Waals surface area contributed by atoms with Crippen LogP contribution in [0, 0.1) is 12.7 Å². The number of aromatic nitrogens is 1. The van der Waals surface area contributed by atoms with Gasteiger partial charge < -0.3 is 10.5 Å². The summed E-state index contributed by atoms with van der Waals surface area (Å²) in [6, 6.07) is 7.81. The topological polar surface area (TPSA) is 48.1 Å². The van der Waals surface area contributed by atoms with Gasteiger partial charge in [-0.05, 0) is 38.1 Å². The van der Waals surface area contributed by atoms with Crippen LogP contribution in [0.4, 0.5) is 4.39 Å². The largest absolute Gasteiger partial charge is 0.455 e. The highest BCUT2D eigenvalue weighted by atomic mass is 19.1. The van der Waals surface area contributed by atoms with Gasteiger partial charge >= 0.3 is 0 Å². The van der Waals surface area contributed by atoms with E-state index in [1.165, 1.54) is 6.07 Å². The van der Waals surface area contributed by atoms with Crippen LogP contribution in [-0.2, 0) is 0 Å². The van der Waals surface area contributed by atoms with E-state index < -0.39 is 6.04 Å². The van der Waals surface area contributed by atoms with Gasteiger partial charge in [0.2, 0.25) is 0 Å². The molecule has 1 unspecified atom stereocenters. The van der Waals surface area contributed by atoms with E-state index in [1.807, 2.05) is 6.92 Å². The summed E-state index contributed by atoms with van der Waals surface area (Å²) in [5.74, 6) is 0.676. The smallest absolute Gasteiger partial charge is 0.148 e. The maximum Gasteiger partial charge on any atom is 0.148 e. The lowest BCUT2D eigenvalue weighted by Crippen LogP contribution is -2.09. The third-order valence-electron chi connectivity index (χ3n) is 2.65. The SMILES string of the molecule is Cc1ncccc1Oc1cccc(F)c1C(C)N. The Morgan fingerprint density at radius 3 is 2.61 bits per heavy atom. The zero-order valence-corrected chi connectivity index (χ0v) is 10.4. The Labute approximate surface area is 105 Å². The van der Waals surface area contributed by atoms with Crippen molar-refractivity contribution in [2.45, 2.75) is 19.9 Å². The molecule has 0 spiro atoms. The molecule has 0 aliphatic carbocycles. The Morgan fingerprint density at radius 1 is 1.22 bits per heavy atom. The van der Waals surface area contributed by atoms with E-state index in [4.69, 9.17) is 10.5 Å². The van der Waals surface area contributed by atoms with Crippen molar-refractivity contribution in [1.29, 1.82) is 0 Å². The second-order valence-corrected chi connectivity index (χ2v) is 4.13. The fraction of sp³-hybridized carbons (Fsp3) is 0.214.